The van der Waals surface area contributed by atoms with Crippen molar-refractivity contribution in [3.63, 3.8) is 0 Å². The summed E-state index contributed by atoms with van der Waals surface area (Å²) in [5, 5.41) is 2.23. The Hall–Kier alpha value is -3.03. The number of hydrogen-bond acceptors (Lipinski definition) is 4. The Labute approximate surface area is 121 Å². The van der Waals surface area contributed by atoms with Crippen LogP contribution in [0.5, 0.6) is 0 Å². The summed E-state index contributed by atoms with van der Waals surface area (Å²) >= 11 is 0. The zero-order valence-corrected chi connectivity index (χ0v) is 10.8. The number of nitrogens with one attached hydrogen (secondary N) is 1. The number of anilines is 1. The van der Waals surface area contributed by atoms with Crippen LogP contribution < -0.4 is 5.32 Å². The number of amides is 1. The van der Waals surface area contributed by atoms with Crippen molar-refractivity contribution < 1.29 is 18.0 Å². The molecule has 0 spiro atoms. The van der Waals surface area contributed by atoms with E-state index in [9.17, 15) is 18.0 Å². The van der Waals surface area contributed by atoms with Crippen LogP contribution in [-0.2, 0) is 0 Å². The Balaban J connectivity index is 1.90. The maximum absolute atomic E-state index is 13.1. The van der Waals surface area contributed by atoms with Gasteiger partial charge in [0.2, 0.25) is 0 Å². The van der Waals surface area contributed by atoms with Crippen LogP contribution in [0, 0.1) is 17.5 Å². The minimum Gasteiger partial charge on any atom is -0.320 e. The first-order valence-corrected chi connectivity index (χ1v) is 6.07. The fourth-order valence-corrected chi connectivity index (χ4v) is 1.79. The first-order valence-electron chi connectivity index (χ1n) is 6.07. The highest BCUT2D eigenvalue weighted by atomic mass is 19.2. The van der Waals surface area contributed by atoms with Crippen LogP contribution in [0.4, 0.5) is 18.9 Å². The van der Waals surface area contributed by atoms with Crippen molar-refractivity contribution in [3.05, 3.63) is 59.9 Å². The SMILES string of the molecule is O=C(Nc1cc(F)c(F)c(F)c1)c1cnc2cnccc2n1. The normalized spacial score (nSPS) is 10.7. The monoisotopic (exact) mass is 304 g/mol. The summed E-state index contributed by atoms with van der Waals surface area (Å²) in [5.41, 5.74) is 0.666. The van der Waals surface area contributed by atoms with Crippen molar-refractivity contribution >= 4 is 22.6 Å². The van der Waals surface area contributed by atoms with Gasteiger partial charge in [-0.1, -0.05) is 0 Å². The molecule has 0 saturated carbocycles. The van der Waals surface area contributed by atoms with E-state index in [0.717, 1.165) is 0 Å². The van der Waals surface area contributed by atoms with Crippen LogP contribution in [0.3, 0.4) is 0 Å². The quantitative estimate of drug-likeness (QED) is 0.739. The van der Waals surface area contributed by atoms with Crippen molar-refractivity contribution in [3.8, 4) is 0 Å². The lowest BCUT2D eigenvalue weighted by Crippen LogP contribution is -2.14. The average molecular weight is 304 g/mol. The van der Waals surface area contributed by atoms with Gasteiger partial charge in [-0.05, 0) is 6.07 Å². The molecule has 110 valence electrons. The van der Waals surface area contributed by atoms with Gasteiger partial charge < -0.3 is 5.32 Å². The lowest BCUT2D eigenvalue weighted by atomic mass is 10.2. The summed E-state index contributed by atoms with van der Waals surface area (Å²) in [6.07, 6.45) is 4.17. The van der Waals surface area contributed by atoms with Crippen LogP contribution in [0.25, 0.3) is 11.0 Å². The van der Waals surface area contributed by atoms with Gasteiger partial charge in [-0.25, -0.2) is 18.2 Å². The fourth-order valence-electron chi connectivity index (χ4n) is 1.79. The Morgan fingerprint density at radius 1 is 1.05 bits per heavy atom. The lowest BCUT2D eigenvalue weighted by Gasteiger charge is -2.06. The number of fused-ring (bicyclic) bond motifs is 1. The first-order chi connectivity index (χ1) is 10.5. The third-order valence-corrected chi connectivity index (χ3v) is 2.82. The summed E-state index contributed by atoms with van der Waals surface area (Å²) in [6, 6.07) is 2.92. The summed E-state index contributed by atoms with van der Waals surface area (Å²) in [7, 11) is 0. The highest BCUT2D eigenvalue weighted by Crippen LogP contribution is 2.18. The van der Waals surface area contributed by atoms with Gasteiger partial charge in [-0.2, -0.15) is 0 Å². The fraction of sp³-hybridized carbons (Fsp3) is 0. The number of rotatable bonds is 2. The number of pyridine rings is 1. The standard InChI is InChI=1S/C14H7F3N4O/c15-8-3-7(4-9(16)13(8)17)20-14(22)12-6-19-11-5-18-2-1-10(11)21-12/h1-6H,(H,20,22). The van der Waals surface area contributed by atoms with E-state index in [0.29, 0.717) is 23.2 Å². The van der Waals surface area contributed by atoms with Gasteiger partial charge in [0.1, 0.15) is 11.2 Å². The summed E-state index contributed by atoms with van der Waals surface area (Å²) < 4.78 is 39.1. The molecule has 1 aromatic carbocycles. The van der Waals surface area contributed by atoms with Crippen molar-refractivity contribution in [2.45, 2.75) is 0 Å². The number of benzene rings is 1. The maximum Gasteiger partial charge on any atom is 0.275 e. The van der Waals surface area contributed by atoms with E-state index in [1.54, 1.807) is 6.07 Å². The molecule has 0 atom stereocenters. The van der Waals surface area contributed by atoms with Gasteiger partial charge in [0, 0.05) is 24.0 Å². The smallest absolute Gasteiger partial charge is 0.275 e. The van der Waals surface area contributed by atoms with Crippen LogP contribution in [-0.4, -0.2) is 20.9 Å². The zero-order valence-electron chi connectivity index (χ0n) is 10.8. The number of halogens is 3. The van der Waals surface area contributed by atoms with E-state index in [1.807, 2.05) is 0 Å². The molecular weight excluding hydrogens is 297 g/mol. The largest absolute Gasteiger partial charge is 0.320 e. The molecule has 0 fully saturated rings. The highest BCUT2D eigenvalue weighted by Gasteiger charge is 2.14. The summed E-state index contributed by atoms with van der Waals surface area (Å²) in [6.45, 7) is 0. The molecule has 0 aliphatic carbocycles. The Bertz CT molecular complexity index is 862. The van der Waals surface area contributed by atoms with Crippen molar-refractivity contribution in [2.75, 3.05) is 5.32 Å². The van der Waals surface area contributed by atoms with Crippen molar-refractivity contribution in [2.24, 2.45) is 0 Å². The minimum atomic E-state index is -1.60. The second-order valence-electron chi connectivity index (χ2n) is 4.33. The second kappa shape index (κ2) is 5.40. The van der Waals surface area contributed by atoms with Crippen LogP contribution in [0.1, 0.15) is 10.5 Å². The van der Waals surface area contributed by atoms with Gasteiger partial charge in [0.15, 0.2) is 17.5 Å². The number of carbonyl (C=O) groups excluding carboxylic acids is 1. The predicted molar refractivity (Wildman–Crippen MR) is 71.6 cm³/mol. The Morgan fingerprint density at radius 3 is 2.50 bits per heavy atom. The van der Waals surface area contributed by atoms with E-state index in [4.69, 9.17) is 0 Å². The van der Waals surface area contributed by atoms with Gasteiger partial charge in [0.05, 0.1) is 17.9 Å². The molecule has 8 heteroatoms. The summed E-state index contributed by atoms with van der Waals surface area (Å²) in [4.78, 5) is 23.9. The minimum absolute atomic E-state index is 0.0520. The van der Waals surface area contributed by atoms with Gasteiger partial charge in [-0.3, -0.25) is 14.8 Å². The van der Waals surface area contributed by atoms with Gasteiger partial charge in [0.25, 0.3) is 5.91 Å². The van der Waals surface area contributed by atoms with E-state index in [-0.39, 0.29) is 11.4 Å². The van der Waals surface area contributed by atoms with E-state index < -0.39 is 23.4 Å². The third-order valence-electron chi connectivity index (χ3n) is 2.82. The van der Waals surface area contributed by atoms with Crippen LogP contribution in [0.2, 0.25) is 0 Å². The van der Waals surface area contributed by atoms with E-state index in [1.165, 1.54) is 18.6 Å². The van der Waals surface area contributed by atoms with Crippen molar-refractivity contribution in [1.82, 2.24) is 15.0 Å². The average Bonchev–Trinajstić information content (AvgIpc) is 2.52. The number of aromatic nitrogens is 3. The molecule has 0 aliphatic heterocycles. The molecule has 1 amide bonds. The van der Waals surface area contributed by atoms with Crippen LogP contribution >= 0.6 is 0 Å². The highest BCUT2D eigenvalue weighted by molar-refractivity contribution is 6.03. The molecule has 5 nitrogen and oxygen atoms in total. The molecule has 3 rings (SSSR count). The molecule has 0 saturated heterocycles. The molecule has 1 N–H and O–H groups in total. The van der Waals surface area contributed by atoms with E-state index in [2.05, 4.69) is 20.3 Å². The number of hydrogen-bond donors (Lipinski definition) is 1. The molecule has 0 aliphatic rings. The molecule has 22 heavy (non-hydrogen) atoms. The predicted octanol–water partition coefficient (Wildman–Crippen LogP) is 2.69. The zero-order chi connectivity index (χ0) is 15.7. The lowest BCUT2D eigenvalue weighted by molar-refractivity contribution is 0.102. The second-order valence-corrected chi connectivity index (χ2v) is 4.33. The molecule has 2 heterocycles. The Kier molecular flexibility index (Phi) is 3.42. The van der Waals surface area contributed by atoms with Gasteiger partial charge in [-0.15, -0.1) is 0 Å². The third kappa shape index (κ3) is 2.58. The van der Waals surface area contributed by atoms with Crippen LogP contribution in [0.15, 0.2) is 36.8 Å². The van der Waals surface area contributed by atoms with E-state index >= 15 is 0 Å². The van der Waals surface area contributed by atoms with Crippen molar-refractivity contribution in [1.29, 1.82) is 0 Å². The maximum atomic E-state index is 13.1. The Morgan fingerprint density at radius 2 is 1.77 bits per heavy atom. The molecule has 0 bridgehead atoms. The molecular formula is C14H7F3N4O. The first kappa shape index (κ1) is 13.9. The molecule has 0 radical (unpaired) electrons. The molecule has 3 aromatic rings. The van der Waals surface area contributed by atoms with Gasteiger partial charge >= 0.3 is 0 Å². The molecule has 0 unspecified atom stereocenters. The molecule has 2 aromatic heterocycles. The topological polar surface area (TPSA) is 67.8 Å². The number of carbonyl (C=O) groups is 1. The number of nitrogens with zero attached hydrogens (tertiary/aromatic N) is 3. The summed E-state index contributed by atoms with van der Waals surface area (Å²) in [5.74, 6) is -5.12.